The van der Waals surface area contributed by atoms with Crippen LogP contribution in [-0.2, 0) is 4.79 Å². The van der Waals surface area contributed by atoms with Crippen LogP contribution in [0.25, 0.3) is 11.3 Å². The van der Waals surface area contributed by atoms with E-state index < -0.39 is 5.82 Å². The van der Waals surface area contributed by atoms with Crippen molar-refractivity contribution < 1.29 is 23.4 Å². The van der Waals surface area contributed by atoms with Crippen LogP contribution in [0.5, 0.6) is 17.4 Å². The second-order valence-electron chi connectivity index (χ2n) is 6.13. The predicted octanol–water partition coefficient (Wildman–Crippen LogP) is 3.26. The quantitative estimate of drug-likeness (QED) is 0.516. The van der Waals surface area contributed by atoms with Gasteiger partial charge in [0.05, 0.1) is 18.8 Å². The van der Waals surface area contributed by atoms with E-state index in [-0.39, 0.29) is 31.4 Å². The maximum Gasteiger partial charge on any atom is 0.258 e. The van der Waals surface area contributed by atoms with Crippen LogP contribution in [0.3, 0.4) is 0 Å². The summed E-state index contributed by atoms with van der Waals surface area (Å²) in [7, 11) is 0. The molecule has 0 saturated heterocycles. The SMILES string of the molecule is CCOc1ccc(-c2ccc(OCCNC(=O)COc3ccccc3F)nn2)cc1. The van der Waals surface area contributed by atoms with Crippen molar-refractivity contribution in [2.45, 2.75) is 6.92 Å². The molecule has 0 aliphatic rings. The van der Waals surface area contributed by atoms with Gasteiger partial charge in [-0.05, 0) is 49.4 Å². The lowest BCUT2D eigenvalue weighted by atomic mass is 10.1. The van der Waals surface area contributed by atoms with Crippen LogP contribution < -0.4 is 19.5 Å². The number of ether oxygens (including phenoxy) is 3. The predicted molar refractivity (Wildman–Crippen MR) is 109 cm³/mol. The zero-order chi connectivity index (χ0) is 21.2. The van der Waals surface area contributed by atoms with Gasteiger partial charge in [0, 0.05) is 11.6 Å². The lowest BCUT2D eigenvalue weighted by Gasteiger charge is -2.09. The molecule has 0 fully saturated rings. The topological polar surface area (TPSA) is 82.6 Å². The Kier molecular flexibility index (Phi) is 7.54. The zero-order valence-electron chi connectivity index (χ0n) is 16.5. The monoisotopic (exact) mass is 411 g/mol. The summed E-state index contributed by atoms with van der Waals surface area (Å²) in [5, 5.41) is 10.8. The normalized spacial score (nSPS) is 10.3. The fourth-order valence-corrected chi connectivity index (χ4v) is 2.54. The maximum atomic E-state index is 13.4. The fourth-order valence-electron chi connectivity index (χ4n) is 2.54. The highest BCUT2D eigenvalue weighted by Gasteiger charge is 2.06. The summed E-state index contributed by atoms with van der Waals surface area (Å²) < 4.78 is 29.4. The molecule has 1 aromatic heterocycles. The number of amides is 1. The number of hydrogen-bond donors (Lipinski definition) is 1. The summed E-state index contributed by atoms with van der Waals surface area (Å²) in [5.74, 6) is 0.295. The summed E-state index contributed by atoms with van der Waals surface area (Å²) in [5.41, 5.74) is 1.63. The molecule has 3 rings (SSSR count). The second-order valence-corrected chi connectivity index (χ2v) is 6.13. The molecule has 30 heavy (non-hydrogen) atoms. The van der Waals surface area contributed by atoms with Gasteiger partial charge in [-0.3, -0.25) is 4.79 Å². The molecule has 3 aromatic rings. The number of para-hydroxylation sites is 1. The zero-order valence-corrected chi connectivity index (χ0v) is 16.5. The maximum absolute atomic E-state index is 13.4. The van der Waals surface area contributed by atoms with Gasteiger partial charge in [-0.1, -0.05) is 12.1 Å². The summed E-state index contributed by atoms with van der Waals surface area (Å²) in [4.78, 5) is 11.8. The second kappa shape index (κ2) is 10.8. The molecule has 0 bridgehead atoms. The van der Waals surface area contributed by atoms with E-state index in [1.807, 2.05) is 31.2 Å². The third-order valence-corrected chi connectivity index (χ3v) is 3.97. The van der Waals surface area contributed by atoms with Crippen molar-refractivity contribution in [3.63, 3.8) is 0 Å². The largest absolute Gasteiger partial charge is 0.494 e. The summed E-state index contributed by atoms with van der Waals surface area (Å²) in [6.45, 7) is 2.73. The highest BCUT2D eigenvalue weighted by atomic mass is 19.1. The summed E-state index contributed by atoms with van der Waals surface area (Å²) >= 11 is 0. The number of hydrogen-bond acceptors (Lipinski definition) is 6. The Morgan fingerprint density at radius 2 is 1.77 bits per heavy atom. The number of benzene rings is 2. The molecule has 0 spiro atoms. The number of halogens is 1. The molecule has 156 valence electrons. The van der Waals surface area contributed by atoms with E-state index in [1.165, 1.54) is 12.1 Å². The first-order chi connectivity index (χ1) is 14.7. The van der Waals surface area contributed by atoms with Crippen LogP contribution in [-0.4, -0.2) is 42.5 Å². The molecule has 0 unspecified atom stereocenters. The van der Waals surface area contributed by atoms with Gasteiger partial charge in [-0.2, -0.15) is 0 Å². The third kappa shape index (κ3) is 6.16. The minimum Gasteiger partial charge on any atom is -0.494 e. The Balaban J connectivity index is 1.39. The van der Waals surface area contributed by atoms with Gasteiger partial charge < -0.3 is 19.5 Å². The van der Waals surface area contributed by atoms with E-state index in [0.29, 0.717) is 18.2 Å². The molecule has 0 aliphatic heterocycles. The van der Waals surface area contributed by atoms with Gasteiger partial charge in [0.15, 0.2) is 18.2 Å². The van der Waals surface area contributed by atoms with Gasteiger partial charge in [-0.15, -0.1) is 10.2 Å². The fraction of sp³-hybridized carbons (Fsp3) is 0.227. The van der Waals surface area contributed by atoms with Gasteiger partial charge >= 0.3 is 0 Å². The Morgan fingerprint density at radius 1 is 0.967 bits per heavy atom. The van der Waals surface area contributed by atoms with Crippen molar-refractivity contribution in [3.05, 3.63) is 66.5 Å². The average Bonchev–Trinajstić information content (AvgIpc) is 2.77. The van der Waals surface area contributed by atoms with Gasteiger partial charge in [0.1, 0.15) is 12.4 Å². The van der Waals surface area contributed by atoms with E-state index in [9.17, 15) is 9.18 Å². The van der Waals surface area contributed by atoms with Crippen molar-refractivity contribution in [2.75, 3.05) is 26.4 Å². The number of carbonyl (C=O) groups is 1. The standard InChI is InChI=1S/C22H22FN3O4/c1-2-28-17-9-7-16(8-10-17)19-11-12-22(26-25-19)29-14-13-24-21(27)15-30-20-6-4-3-5-18(20)23/h3-12H,2,13-15H2,1H3,(H,24,27). The summed E-state index contributed by atoms with van der Waals surface area (Å²) in [6.07, 6.45) is 0. The molecule has 1 N–H and O–H groups in total. The number of aromatic nitrogens is 2. The van der Waals surface area contributed by atoms with Crippen LogP contribution in [0.4, 0.5) is 4.39 Å². The van der Waals surface area contributed by atoms with Crippen molar-refractivity contribution in [3.8, 4) is 28.6 Å². The third-order valence-electron chi connectivity index (χ3n) is 3.97. The molecule has 8 heteroatoms. The molecule has 0 atom stereocenters. The minimum absolute atomic E-state index is 0.0341. The first-order valence-corrected chi connectivity index (χ1v) is 9.49. The highest BCUT2D eigenvalue weighted by Crippen LogP contribution is 2.21. The number of nitrogens with one attached hydrogen (secondary N) is 1. The number of rotatable bonds is 10. The Hall–Kier alpha value is -3.68. The smallest absolute Gasteiger partial charge is 0.258 e. The molecule has 0 radical (unpaired) electrons. The van der Waals surface area contributed by atoms with Gasteiger partial charge in [0.25, 0.3) is 5.91 Å². The van der Waals surface area contributed by atoms with Crippen molar-refractivity contribution in [2.24, 2.45) is 0 Å². The Morgan fingerprint density at radius 3 is 2.47 bits per heavy atom. The van der Waals surface area contributed by atoms with Crippen molar-refractivity contribution in [1.82, 2.24) is 15.5 Å². The molecule has 0 saturated carbocycles. The lowest BCUT2D eigenvalue weighted by Crippen LogP contribution is -2.32. The number of carbonyl (C=O) groups excluding carboxylic acids is 1. The van der Waals surface area contributed by atoms with Crippen LogP contribution >= 0.6 is 0 Å². The van der Waals surface area contributed by atoms with Crippen LogP contribution in [0.1, 0.15) is 6.92 Å². The average molecular weight is 411 g/mol. The molecular weight excluding hydrogens is 389 g/mol. The number of nitrogens with zero attached hydrogens (tertiary/aromatic N) is 2. The highest BCUT2D eigenvalue weighted by molar-refractivity contribution is 5.77. The van der Waals surface area contributed by atoms with Crippen LogP contribution in [0.2, 0.25) is 0 Å². The van der Waals surface area contributed by atoms with Gasteiger partial charge in [-0.25, -0.2) is 4.39 Å². The molecular formula is C22H22FN3O4. The molecule has 0 aliphatic carbocycles. The Bertz CT molecular complexity index is 949. The molecule has 1 amide bonds. The Labute approximate surface area is 173 Å². The lowest BCUT2D eigenvalue weighted by molar-refractivity contribution is -0.123. The molecule has 7 nitrogen and oxygen atoms in total. The van der Waals surface area contributed by atoms with E-state index in [2.05, 4.69) is 15.5 Å². The van der Waals surface area contributed by atoms with Crippen LogP contribution in [0.15, 0.2) is 60.7 Å². The van der Waals surface area contributed by atoms with E-state index in [1.54, 1.807) is 24.3 Å². The first kappa shape index (κ1) is 21.0. The molecule has 1 heterocycles. The van der Waals surface area contributed by atoms with E-state index in [0.717, 1.165) is 11.3 Å². The first-order valence-electron chi connectivity index (χ1n) is 9.49. The van der Waals surface area contributed by atoms with Crippen molar-refractivity contribution in [1.29, 1.82) is 0 Å². The van der Waals surface area contributed by atoms with Crippen LogP contribution in [0, 0.1) is 5.82 Å². The van der Waals surface area contributed by atoms with E-state index >= 15 is 0 Å². The minimum atomic E-state index is -0.513. The summed E-state index contributed by atoms with van der Waals surface area (Å²) in [6, 6.07) is 17.0. The molecule has 2 aromatic carbocycles. The van der Waals surface area contributed by atoms with Crippen molar-refractivity contribution >= 4 is 5.91 Å². The van der Waals surface area contributed by atoms with E-state index in [4.69, 9.17) is 14.2 Å². The van der Waals surface area contributed by atoms with Gasteiger partial charge in [0.2, 0.25) is 5.88 Å².